The summed E-state index contributed by atoms with van der Waals surface area (Å²) in [5.74, 6) is -0.553. The van der Waals surface area contributed by atoms with Crippen molar-refractivity contribution in [2.75, 3.05) is 6.54 Å². The number of rotatable bonds is 3. The van der Waals surface area contributed by atoms with Gasteiger partial charge in [0.05, 0.1) is 11.7 Å². The standard InChI is InChI=1S/C13H16FNO2/c1-8-2-3-11(12(14)4-8)13(17)15-7-9-5-10(16)6-9/h2-4,9-10,16H,5-7H2,1H3,(H,15,17). The van der Waals surface area contributed by atoms with E-state index in [-0.39, 0.29) is 17.6 Å². The molecule has 1 aromatic rings. The molecule has 0 heterocycles. The zero-order chi connectivity index (χ0) is 12.4. The summed E-state index contributed by atoms with van der Waals surface area (Å²) < 4.78 is 13.5. The van der Waals surface area contributed by atoms with Crippen molar-refractivity contribution in [3.05, 3.63) is 35.1 Å². The van der Waals surface area contributed by atoms with E-state index in [9.17, 15) is 9.18 Å². The van der Waals surface area contributed by atoms with Gasteiger partial charge in [0.1, 0.15) is 5.82 Å². The van der Waals surface area contributed by atoms with Gasteiger partial charge in [-0.2, -0.15) is 0 Å². The second-order valence-electron chi connectivity index (χ2n) is 4.68. The Morgan fingerprint density at radius 3 is 2.82 bits per heavy atom. The lowest BCUT2D eigenvalue weighted by Crippen LogP contribution is -2.38. The van der Waals surface area contributed by atoms with Gasteiger partial charge >= 0.3 is 0 Å². The molecule has 4 heteroatoms. The quantitative estimate of drug-likeness (QED) is 0.839. The molecule has 17 heavy (non-hydrogen) atoms. The fraction of sp³-hybridized carbons (Fsp3) is 0.462. The van der Waals surface area contributed by atoms with E-state index in [1.165, 1.54) is 12.1 Å². The molecule has 0 saturated heterocycles. The average Bonchev–Trinajstić information content (AvgIpc) is 2.22. The predicted octanol–water partition coefficient (Wildman–Crippen LogP) is 1.63. The number of carbonyl (C=O) groups is 1. The van der Waals surface area contributed by atoms with E-state index in [0.717, 1.165) is 18.4 Å². The Kier molecular flexibility index (Phi) is 3.43. The van der Waals surface area contributed by atoms with Crippen molar-refractivity contribution in [2.24, 2.45) is 5.92 Å². The van der Waals surface area contributed by atoms with Crippen molar-refractivity contribution in [1.29, 1.82) is 0 Å². The number of halogens is 1. The zero-order valence-electron chi connectivity index (χ0n) is 9.74. The van der Waals surface area contributed by atoms with Crippen molar-refractivity contribution in [3.8, 4) is 0 Å². The monoisotopic (exact) mass is 237 g/mol. The number of amides is 1. The number of nitrogens with one attached hydrogen (secondary N) is 1. The number of benzene rings is 1. The molecule has 0 radical (unpaired) electrons. The zero-order valence-corrected chi connectivity index (χ0v) is 9.74. The largest absolute Gasteiger partial charge is 0.393 e. The summed E-state index contributed by atoms with van der Waals surface area (Å²) in [7, 11) is 0. The van der Waals surface area contributed by atoms with Gasteiger partial charge in [0.15, 0.2) is 0 Å². The lowest BCUT2D eigenvalue weighted by Gasteiger charge is -2.31. The van der Waals surface area contributed by atoms with Crippen LogP contribution in [0, 0.1) is 18.7 Å². The highest BCUT2D eigenvalue weighted by Crippen LogP contribution is 2.26. The Bertz CT molecular complexity index is 427. The molecule has 0 unspecified atom stereocenters. The van der Waals surface area contributed by atoms with Gasteiger partial charge < -0.3 is 10.4 Å². The Hall–Kier alpha value is -1.42. The van der Waals surface area contributed by atoms with Crippen LogP contribution in [0.5, 0.6) is 0 Å². The number of aliphatic hydroxyl groups is 1. The topological polar surface area (TPSA) is 49.3 Å². The summed E-state index contributed by atoms with van der Waals surface area (Å²) in [5, 5.41) is 11.8. The summed E-state index contributed by atoms with van der Waals surface area (Å²) in [6.45, 7) is 2.28. The van der Waals surface area contributed by atoms with Gasteiger partial charge in [0.25, 0.3) is 5.91 Å². The van der Waals surface area contributed by atoms with Crippen LogP contribution in [0.3, 0.4) is 0 Å². The molecule has 1 aromatic carbocycles. The molecular formula is C13H16FNO2. The highest BCUT2D eigenvalue weighted by molar-refractivity contribution is 5.94. The lowest BCUT2D eigenvalue weighted by molar-refractivity contribution is 0.0420. The number of aliphatic hydroxyl groups excluding tert-OH is 1. The van der Waals surface area contributed by atoms with Gasteiger partial charge in [0, 0.05) is 6.54 Å². The maximum atomic E-state index is 13.5. The molecule has 0 atom stereocenters. The lowest BCUT2D eigenvalue weighted by atomic mass is 9.82. The van der Waals surface area contributed by atoms with Gasteiger partial charge in [-0.15, -0.1) is 0 Å². The van der Waals surface area contributed by atoms with Crippen LogP contribution in [0.1, 0.15) is 28.8 Å². The Balaban J connectivity index is 1.91. The van der Waals surface area contributed by atoms with Crippen molar-refractivity contribution in [2.45, 2.75) is 25.9 Å². The van der Waals surface area contributed by atoms with Crippen LogP contribution in [0.15, 0.2) is 18.2 Å². The second-order valence-corrected chi connectivity index (χ2v) is 4.68. The van der Waals surface area contributed by atoms with E-state index in [4.69, 9.17) is 5.11 Å². The summed E-state index contributed by atoms with van der Waals surface area (Å²) in [6.07, 6.45) is 1.21. The summed E-state index contributed by atoms with van der Waals surface area (Å²) in [5.41, 5.74) is 0.872. The molecule has 0 aliphatic heterocycles. The first-order chi connectivity index (χ1) is 8.06. The third-order valence-electron chi connectivity index (χ3n) is 3.13. The molecule has 1 saturated carbocycles. The third kappa shape index (κ3) is 2.82. The van der Waals surface area contributed by atoms with Gasteiger partial charge in [0.2, 0.25) is 0 Å². The Morgan fingerprint density at radius 2 is 2.24 bits per heavy atom. The van der Waals surface area contributed by atoms with Gasteiger partial charge in [-0.3, -0.25) is 4.79 Å². The van der Waals surface area contributed by atoms with Crippen LogP contribution in [0.2, 0.25) is 0 Å². The molecule has 3 nitrogen and oxygen atoms in total. The fourth-order valence-electron chi connectivity index (χ4n) is 2.00. The first kappa shape index (κ1) is 12.0. The first-order valence-electron chi connectivity index (χ1n) is 5.78. The van der Waals surface area contributed by atoms with E-state index < -0.39 is 5.82 Å². The SMILES string of the molecule is Cc1ccc(C(=O)NCC2CC(O)C2)c(F)c1. The average molecular weight is 237 g/mol. The molecule has 1 aliphatic carbocycles. The number of hydrogen-bond donors (Lipinski definition) is 2. The Morgan fingerprint density at radius 1 is 1.53 bits per heavy atom. The molecule has 2 rings (SSSR count). The molecular weight excluding hydrogens is 221 g/mol. The van der Waals surface area contributed by atoms with E-state index in [0.29, 0.717) is 12.5 Å². The van der Waals surface area contributed by atoms with E-state index >= 15 is 0 Å². The minimum atomic E-state index is -0.490. The molecule has 0 spiro atoms. The van der Waals surface area contributed by atoms with Gasteiger partial charge in [-0.05, 0) is 43.4 Å². The molecule has 1 fully saturated rings. The van der Waals surface area contributed by atoms with E-state index in [1.807, 2.05) is 0 Å². The third-order valence-corrected chi connectivity index (χ3v) is 3.13. The van der Waals surface area contributed by atoms with E-state index in [2.05, 4.69) is 5.32 Å². The van der Waals surface area contributed by atoms with Crippen molar-refractivity contribution in [3.63, 3.8) is 0 Å². The molecule has 1 amide bonds. The molecule has 1 aliphatic rings. The number of carbonyl (C=O) groups excluding carboxylic acids is 1. The minimum Gasteiger partial charge on any atom is -0.393 e. The molecule has 2 N–H and O–H groups in total. The first-order valence-corrected chi connectivity index (χ1v) is 5.78. The van der Waals surface area contributed by atoms with Crippen LogP contribution in [-0.4, -0.2) is 23.7 Å². The summed E-state index contributed by atoms with van der Waals surface area (Å²) >= 11 is 0. The molecule has 0 aromatic heterocycles. The normalized spacial score (nSPS) is 23.0. The fourth-order valence-corrected chi connectivity index (χ4v) is 2.00. The van der Waals surface area contributed by atoms with Crippen molar-refractivity contribution < 1.29 is 14.3 Å². The second kappa shape index (κ2) is 4.84. The van der Waals surface area contributed by atoms with Crippen molar-refractivity contribution >= 4 is 5.91 Å². The predicted molar refractivity (Wildman–Crippen MR) is 62.2 cm³/mol. The maximum absolute atomic E-state index is 13.5. The minimum absolute atomic E-state index is 0.0791. The van der Waals surface area contributed by atoms with Crippen LogP contribution in [0.4, 0.5) is 4.39 Å². The highest BCUT2D eigenvalue weighted by Gasteiger charge is 2.27. The Labute approximate surface area is 99.7 Å². The van der Waals surface area contributed by atoms with Crippen LogP contribution in [0.25, 0.3) is 0 Å². The van der Waals surface area contributed by atoms with Crippen LogP contribution in [-0.2, 0) is 0 Å². The van der Waals surface area contributed by atoms with Crippen LogP contribution < -0.4 is 5.32 Å². The molecule has 0 bridgehead atoms. The van der Waals surface area contributed by atoms with Crippen molar-refractivity contribution in [1.82, 2.24) is 5.32 Å². The molecule has 92 valence electrons. The summed E-state index contributed by atoms with van der Waals surface area (Å²) in [4.78, 5) is 11.7. The number of hydrogen-bond acceptors (Lipinski definition) is 2. The van der Waals surface area contributed by atoms with Gasteiger partial charge in [-0.25, -0.2) is 4.39 Å². The van der Waals surface area contributed by atoms with Crippen LogP contribution >= 0.6 is 0 Å². The van der Waals surface area contributed by atoms with Gasteiger partial charge in [-0.1, -0.05) is 6.07 Å². The van der Waals surface area contributed by atoms with E-state index in [1.54, 1.807) is 13.0 Å². The smallest absolute Gasteiger partial charge is 0.254 e. The maximum Gasteiger partial charge on any atom is 0.254 e. The number of aryl methyl sites for hydroxylation is 1. The summed E-state index contributed by atoms with van der Waals surface area (Å²) in [6, 6.07) is 4.56. The highest BCUT2D eigenvalue weighted by atomic mass is 19.1.